The van der Waals surface area contributed by atoms with Gasteiger partial charge in [-0.25, -0.2) is 5.01 Å². The van der Waals surface area contributed by atoms with Gasteiger partial charge < -0.3 is 14.2 Å². The molecule has 0 saturated carbocycles. The Bertz CT molecular complexity index is 1260. The summed E-state index contributed by atoms with van der Waals surface area (Å²) in [4.78, 5) is 11.0. The number of halogens is 1. The number of nitrogens with zero attached hydrogens (tertiary/aromatic N) is 3. The van der Waals surface area contributed by atoms with Gasteiger partial charge >= 0.3 is 0 Å². The van der Waals surface area contributed by atoms with Crippen LogP contribution in [0.25, 0.3) is 0 Å². The Morgan fingerprint density at radius 3 is 2.52 bits per heavy atom. The zero-order chi connectivity index (χ0) is 23.1. The summed E-state index contributed by atoms with van der Waals surface area (Å²) in [6.45, 7) is 0. The van der Waals surface area contributed by atoms with Crippen molar-refractivity contribution < 1.29 is 19.1 Å². The highest BCUT2D eigenvalue weighted by molar-refractivity contribution is 6.30. The lowest BCUT2D eigenvalue weighted by atomic mass is 9.95. The summed E-state index contributed by atoms with van der Waals surface area (Å²) in [7, 11) is 3.16. The third kappa shape index (κ3) is 3.72. The first-order valence-electron chi connectivity index (χ1n) is 10.3. The Morgan fingerprint density at radius 2 is 1.82 bits per heavy atom. The third-order valence-corrected chi connectivity index (χ3v) is 6.11. The summed E-state index contributed by atoms with van der Waals surface area (Å²) in [5.74, 6) is 1.77. The van der Waals surface area contributed by atoms with E-state index < -0.39 is 11.2 Å². The molecule has 168 valence electrons. The molecule has 0 saturated heterocycles. The molecular formula is C24H20ClN3O5. The van der Waals surface area contributed by atoms with Crippen LogP contribution in [0.3, 0.4) is 0 Å². The van der Waals surface area contributed by atoms with Crippen molar-refractivity contribution in [2.75, 3.05) is 14.2 Å². The Morgan fingerprint density at radius 1 is 1.06 bits per heavy atom. The van der Waals surface area contributed by atoms with Gasteiger partial charge in [-0.15, -0.1) is 0 Å². The molecule has 2 aliphatic heterocycles. The molecule has 0 aromatic heterocycles. The number of hydrogen-bond acceptors (Lipinski definition) is 7. The molecular weight excluding hydrogens is 446 g/mol. The van der Waals surface area contributed by atoms with Crippen molar-refractivity contribution in [3.05, 3.63) is 92.5 Å². The quantitative estimate of drug-likeness (QED) is 0.365. The Kier molecular flexibility index (Phi) is 5.30. The van der Waals surface area contributed by atoms with Crippen molar-refractivity contribution in [2.24, 2.45) is 5.10 Å². The van der Waals surface area contributed by atoms with Gasteiger partial charge in [0.05, 0.1) is 30.9 Å². The topological polar surface area (TPSA) is 86.4 Å². The molecule has 0 bridgehead atoms. The summed E-state index contributed by atoms with van der Waals surface area (Å²) in [5, 5.41) is 18.8. The second-order valence-electron chi connectivity index (χ2n) is 7.72. The summed E-state index contributed by atoms with van der Waals surface area (Å²) >= 11 is 6.05. The number of non-ortho nitro benzene ring substituents is 1. The predicted molar refractivity (Wildman–Crippen MR) is 123 cm³/mol. The maximum Gasteiger partial charge on any atom is 0.270 e. The van der Waals surface area contributed by atoms with Crippen LogP contribution in [-0.4, -0.2) is 29.9 Å². The van der Waals surface area contributed by atoms with Crippen molar-refractivity contribution in [2.45, 2.75) is 18.7 Å². The number of rotatable bonds is 5. The first-order valence-corrected chi connectivity index (χ1v) is 10.6. The zero-order valence-corrected chi connectivity index (χ0v) is 18.7. The van der Waals surface area contributed by atoms with Gasteiger partial charge in [0.25, 0.3) is 5.69 Å². The molecule has 0 N–H and O–H groups in total. The second kappa shape index (κ2) is 8.29. The molecule has 0 unspecified atom stereocenters. The fraction of sp³-hybridized carbons (Fsp3) is 0.208. The molecule has 3 aromatic rings. The van der Waals surface area contributed by atoms with E-state index in [0.717, 1.165) is 22.4 Å². The number of hydrogen-bond donors (Lipinski definition) is 0. The van der Waals surface area contributed by atoms with E-state index in [1.165, 1.54) is 6.07 Å². The smallest absolute Gasteiger partial charge is 0.270 e. The lowest BCUT2D eigenvalue weighted by molar-refractivity contribution is -0.385. The highest BCUT2D eigenvalue weighted by atomic mass is 35.5. The average Bonchev–Trinajstić information content (AvgIpc) is 3.29. The van der Waals surface area contributed by atoms with Gasteiger partial charge in [-0.2, -0.15) is 5.10 Å². The number of ether oxygens (including phenoxy) is 3. The third-order valence-electron chi connectivity index (χ3n) is 5.85. The number of fused-ring (bicyclic) bond motifs is 3. The van der Waals surface area contributed by atoms with Gasteiger partial charge in [-0.05, 0) is 42.0 Å². The summed E-state index contributed by atoms with van der Waals surface area (Å²) < 4.78 is 17.2. The molecule has 0 aliphatic carbocycles. The molecule has 0 amide bonds. The maximum absolute atomic E-state index is 11.4. The zero-order valence-electron chi connectivity index (χ0n) is 17.9. The van der Waals surface area contributed by atoms with Crippen molar-refractivity contribution >= 4 is 23.0 Å². The summed E-state index contributed by atoms with van der Waals surface area (Å²) in [6.07, 6.45) is 0.0247. The number of hydrazone groups is 1. The maximum atomic E-state index is 11.4. The van der Waals surface area contributed by atoms with Crippen molar-refractivity contribution in [3.8, 4) is 17.2 Å². The van der Waals surface area contributed by atoms with Crippen LogP contribution in [0, 0.1) is 10.1 Å². The van der Waals surface area contributed by atoms with Gasteiger partial charge in [0.15, 0.2) is 11.5 Å². The molecule has 5 rings (SSSR count). The molecule has 2 heterocycles. The first-order chi connectivity index (χ1) is 16.0. The predicted octanol–water partition coefficient (Wildman–Crippen LogP) is 5.51. The van der Waals surface area contributed by atoms with Crippen molar-refractivity contribution in [1.29, 1.82) is 0 Å². The standard InChI is InChI=1S/C24H20ClN3O5/c1-31-22-9-5-15(11-23(22)32-2)24-27-20(13-19(26-27)14-3-6-16(25)7-4-14)18-12-17(28(29)30)8-10-21(18)33-24/h3-12,20,24H,13H2,1-2H3/t20-,24-/m1/s1. The van der Waals surface area contributed by atoms with Gasteiger partial charge in [0.1, 0.15) is 5.75 Å². The Labute approximate surface area is 195 Å². The van der Waals surface area contributed by atoms with E-state index in [4.69, 9.17) is 30.9 Å². The minimum atomic E-state index is -0.548. The van der Waals surface area contributed by atoms with Gasteiger partial charge in [0.2, 0.25) is 6.23 Å². The molecule has 3 aromatic carbocycles. The van der Waals surface area contributed by atoms with E-state index in [2.05, 4.69) is 0 Å². The van der Waals surface area contributed by atoms with Crippen LogP contribution >= 0.6 is 11.6 Å². The van der Waals surface area contributed by atoms with Crippen LogP contribution < -0.4 is 14.2 Å². The van der Waals surface area contributed by atoms with Gasteiger partial charge in [0, 0.05) is 34.7 Å². The van der Waals surface area contributed by atoms with Crippen LogP contribution in [0.5, 0.6) is 17.2 Å². The fourth-order valence-electron chi connectivity index (χ4n) is 4.23. The molecule has 9 heteroatoms. The Hall–Kier alpha value is -3.78. The van der Waals surface area contributed by atoms with E-state index >= 15 is 0 Å². The van der Waals surface area contributed by atoms with Crippen LogP contribution in [0.4, 0.5) is 5.69 Å². The number of nitro groups is 1. The molecule has 2 aliphatic rings. The molecule has 2 atom stereocenters. The van der Waals surface area contributed by atoms with E-state index in [1.54, 1.807) is 26.4 Å². The molecule has 0 radical (unpaired) electrons. The monoisotopic (exact) mass is 465 g/mol. The average molecular weight is 466 g/mol. The fourth-order valence-corrected chi connectivity index (χ4v) is 4.36. The Balaban J connectivity index is 1.61. The molecule has 8 nitrogen and oxygen atoms in total. The van der Waals surface area contributed by atoms with E-state index in [-0.39, 0.29) is 11.7 Å². The van der Waals surface area contributed by atoms with Crippen LogP contribution in [0.1, 0.15) is 35.4 Å². The lowest BCUT2D eigenvalue weighted by Crippen LogP contribution is -2.33. The minimum Gasteiger partial charge on any atom is -0.493 e. The number of nitro benzene ring substituents is 1. The van der Waals surface area contributed by atoms with Crippen molar-refractivity contribution in [1.82, 2.24) is 5.01 Å². The number of benzene rings is 3. The molecule has 0 spiro atoms. The lowest BCUT2D eigenvalue weighted by Gasteiger charge is -2.38. The first kappa shape index (κ1) is 21.1. The van der Waals surface area contributed by atoms with E-state index in [1.807, 2.05) is 47.5 Å². The molecule has 33 heavy (non-hydrogen) atoms. The van der Waals surface area contributed by atoms with Gasteiger partial charge in [-0.3, -0.25) is 10.1 Å². The van der Waals surface area contributed by atoms with Crippen LogP contribution in [-0.2, 0) is 0 Å². The molecule has 0 fully saturated rings. The minimum absolute atomic E-state index is 0.0156. The van der Waals surface area contributed by atoms with E-state index in [9.17, 15) is 10.1 Å². The van der Waals surface area contributed by atoms with Crippen LogP contribution in [0.15, 0.2) is 65.8 Å². The van der Waals surface area contributed by atoms with E-state index in [0.29, 0.717) is 28.7 Å². The SMILES string of the molecule is COc1ccc([C@H]2Oc3ccc([N+](=O)[O-])cc3[C@H]3CC(c4ccc(Cl)cc4)=NN32)cc1OC. The second-order valence-corrected chi connectivity index (χ2v) is 8.15. The van der Waals surface area contributed by atoms with Crippen molar-refractivity contribution in [3.63, 3.8) is 0 Å². The van der Waals surface area contributed by atoms with Gasteiger partial charge in [-0.1, -0.05) is 23.7 Å². The highest BCUT2D eigenvalue weighted by Gasteiger charge is 2.42. The highest BCUT2D eigenvalue weighted by Crippen LogP contribution is 2.49. The van der Waals surface area contributed by atoms with Crippen LogP contribution in [0.2, 0.25) is 5.02 Å². The number of methoxy groups -OCH3 is 2. The largest absolute Gasteiger partial charge is 0.493 e. The normalized spacial score (nSPS) is 18.6. The summed E-state index contributed by atoms with van der Waals surface area (Å²) in [5.41, 5.74) is 3.36. The summed E-state index contributed by atoms with van der Waals surface area (Å²) in [6, 6.07) is 17.5.